The van der Waals surface area contributed by atoms with Gasteiger partial charge in [0.25, 0.3) is 0 Å². The molecule has 224 valence electrons. The number of ketones is 1. The minimum absolute atomic E-state index is 0.00515. The molecule has 0 heterocycles. The van der Waals surface area contributed by atoms with Crippen molar-refractivity contribution in [3.63, 3.8) is 0 Å². The lowest BCUT2D eigenvalue weighted by Gasteiger charge is -2.16. The fourth-order valence-corrected chi connectivity index (χ4v) is 3.58. The molecule has 0 radical (unpaired) electrons. The second-order valence-electron chi connectivity index (χ2n) is 10.4. The average molecular weight is 554 g/mol. The Kier molecular flexibility index (Phi) is 22.3. The number of carbonyl (C=O) groups excluding carboxylic acids is 2. The van der Waals surface area contributed by atoms with Crippen LogP contribution in [0.4, 0.5) is 13.2 Å². The maximum absolute atomic E-state index is 12.5. The lowest BCUT2D eigenvalue weighted by molar-refractivity contribution is -0.158. The molecule has 39 heavy (non-hydrogen) atoms. The minimum atomic E-state index is -4.22. The van der Waals surface area contributed by atoms with Crippen LogP contribution in [0.5, 0.6) is 0 Å². The van der Waals surface area contributed by atoms with Crippen molar-refractivity contribution in [2.24, 2.45) is 29.4 Å². The first kappa shape index (κ1) is 38.8. The van der Waals surface area contributed by atoms with E-state index in [1.807, 2.05) is 19.9 Å². The van der Waals surface area contributed by atoms with Crippen molar-refractivity contribution in [2.75, 3.05) is 0 Å². The van der Waals surface area contributed by atoms with Crippen molar-refractivity contribution in [1.82, 2.24) is 0 Å². The summed E-state index contributed by atoms with van der Waals surface area (Å²) in [6, 6.07) is 8.76. The molecule has 1 amide bonds. The first-order chi connectivity index (χ1) is 18.3. The first-order valence-electron chi connectivity index (χ1n) is 14.6. The molecule has 3 nitrogen and oxygen atoms in total. The van der Waals surface area contributed by atoms with E-state index in [9.17, 15) is 22.8 Å². The fraction of sp³-hybridized carbons (Fsp3) is 0.636. The van der Waals surface area contributed by atoms with E-state index in [4.69, 9.17) is 5.73 Å². The van der Waals surface area contributed by atoms with Gasteiger partial charge in [0.15, 0.2) is 0 Å². The number of primary amides is 1. The van der Waals surface area contributed by atoms with Gasteiger partial charge in [0.2, 0.25) is 5.91 Å². The summed E-state index contributed by atoms with van der Waals surface area (Å²) in [7, 11) is 0. The van der Waals surface area contributed by atoms with E-state index in [1.165, 1.54) is 51.5 Å². The molecule has 0 aromatic heterocycles. The molecule has 3 rings (SSSR count). The second kappa shape index (κ2) is 22.4. The largest absolute Gasteiger partial charge is 0.395 e. The summed E-state index contributed by atoms with van der Waals surface area (Å²) >= 11 is 0. The van der Waals surface area contributed by atoms with Gasteiger partial charge in [0.05, 0.1) is 5.92 Å². The SMILES string of the molecule is CC.CC(=O)C1C=CC(C(C)C(F)(F)F)=CCC1.CC1CCCCC1.CCC(C)C.NC(=O)c1ccccc1. The molecule has 0 spiro atoms. The summed E-state index contributed by atoms with van der Waals surface area (Å²) < 4.78 is 37.4. The van der Waals surface area contributed by atoms with Gasteiger partial charge >= 0.3 is 6.18 Å². The van der Waals surface area contributed by atoms with Gasteiger partial charge in [-0.25, -0.2) is 0 Å². The monoisotopic (exact) mass is 553 g/mol. The molecular formula is C33H54F3NO2. The van der Waals surface area contributed by atoms with Crippen LogP contribution in [0.25, 0.3) is 0 Å². The Morgan fingerprint density at radius 2 is 1.49 bits per heavy atom. The van der Waals surface area contributed by atoms with Crippen LogP contribution >= 0.6 is 0 Å². The highest BCUT2D eigenvalue weighted by Crippen LogP contribution is 2.34. The average Bonchev–Trinajstić information content (AvgIpc) is 3.17. The van der Waals surface area contributed by atoms with Crippen molar-refractivity contribution in [3.8, 4) is 0 Å². The third-order valence-electron chi connectivity index (χ3n) is 6.66. The van der Waals surface area contributed by atoms with E-state index in [-0.39, 0.29) is 23.2 Å². The third kappa shape index (κ3) is 20.2. The van der Waals surface area contributed by atoms with Gasteiger partial charge in [-0.3, -0.25) is 9.59 Å². The van der Waals surface area contributed by atoms with Crippen LogP contribution in [0.3, 0.4) is 0 Å². The maximum atomic E-state index is 12.5. The van der Waals surface area contributed by atoms with Crippen molar-refractivity contribution in [2.45, 2.75) is 113 Å². The Balaban J connectivity index is 0. The number of hydrogen-bond donors (Lipinski definition) is 1. The van der Waals surface area contributed by atoms with Crippen LogP contribution in [-0.2, 0) is 4.79 Å². The number of halogens is 3. The molecule has 0 bridgehead atoms. The Morgan fingerprint density at radius 3 is 1.82 bits per heavy atom. The summed E-state index contributed by atoms with van der Waals surface area (Å²) in [4.78, 5) is 21.6. The molecule has 2 aliphatic carbocycles. The van der Waals surface area contributed by atoms with Gasteiger partial charge in [-0.1, -0.05) is 116 Å². The van der Waals surface area contributed by atoms with Crippen LogP contribution in [-0.4, -0.2) is 17.9 Å². The Labute approximate surface area is 236 Å². The fourth-order valence-electron chi connectivity index (χ4n) is 3.58. The van der Waals surface area contributed by atoms with Crippen LogP contribution in [0.15, 0.2) is 54.1 Å². The van der Waals surface area contributed by atoms with Gasteiger partial charge in [0, 0.05) is 11.5 Å². The minimum Gasteiger partial charge on any atom is -0.366 e. The Hall–Kier alpha value is -2.37. The highest BCUT2D eigenvalue weighted by Gasteiger charge is 2.37. The highest BCUT2D eigenvalue weighted by atomic mass is 19.4. The quantitative estimate of drug-likeness (QED) is 0.403. The Bertz CT molecular complexity index is 823. The van der Waals surface area contributed by atoms with Gasteiger partial charge in [-0.2, -0.15) is 13.2 Å². The number of alkyl halides is 3. The number of benzene rings is 1. The normalized spacial score (nSPS) is 17.6. The summed E-state index contributed by atoms with van der Waals surface area (Å²) in [6.07, 6.45) is 10.3. The van der Waals surface area contributed by atoms with Crippen LogP contribution in [0.1, 0.15) is 117 Å². The van der Waals surface area contributed by atoms with Gasteiger partial charge in [-0.15, -0.1) is 0 Å². The van der Waals surface area contributed by atoms with Crippen molar-refractivity contribution < 1.29 is 22.8 Å². The van der Waals surface area contributed by atoms with Crippen LogP contribution in [0.2, 0.25) is 0 Å². The number of allylic oxidation sites excluding steroid dienone is 4. The van der Waals surface area contributed by atoms with Crippen molar-refractivity contribution in [3.05, 3.63) is 59.7 Å². The van der Waals surface area contributed by atoms with Crippen molar-refractivity contribution in [1.29, 1.82) is 0 Å². The van der Waals surface area contributed by atoms with E-state index in [0.717, 1.165) is 18.8 Å². The second-order valence-corrected chi connectivity index (χ2v) is 10.4. The molecule has 0 aliphatic heterocycles. The van der Waals surface area contributed by atoms with E-state index in [0.29, 0.717) is 18.4 Å². The summed E-state index contributed by atoms with van der Waals surface area (Å²) in [5.74, 6) is -0.159. The number of amides is 1. The number of carbonyl (C=O) groups is 2. The van der Waals surface area contributed by atoms with Crippen molar-refractivity contribution >= 4 is 11.7 Å². The van der Waals surface area contributed by atoms with E-state index >= 15 is 0 Å². The zero-order valence-corrected chi connectivity index (χ0v) is 25.6. The molecule has 1 saturated carbocycles. The molecule has 1 aromatic rings. The lowest BCUT2D eigenvalue weighted by atomic mass is 9.91. The topological polar surface area (TPSA) is 60.2 Å². The zero-order valence-electron chi connectivity index (χ0n) is 25.6. The number of rotatable bonds is 4. The molecule has 2 aliphatic rings. The molecule has 0 saturated heterocycles. The molecule has 1 fully saturated rings. The molecule has 1 aromatic carbocycles. The predicted molar refractivity (Wildman–Crippen MR) is 160 cm³/mol. The van der Waals surface area contributed by atoms with Crippen LogP contribution < -0.4 is 5.73 Å². The maximum Gasteiger partial charge on any atom is 0.395 e. The summed E-state index contributed by atoms with van der Waals surface area (Å²) in [6.45, 7) is 15.6. The van der Waals surface area contributed by atoms with Crippen LogP contribution in [0, 0.1) is 23.7 Å². The molecule has 2 unspecified atom stereocenters. The zero-order chi connectivity index (χ0) is 30.4. The smallest absolute Gasteiger partial charge is 0.366 e. The molecule has 2 N–H and O–H groups in total. The Morgan fingerprint density at radius 1 is 0.974 bits per heavy atom. The van der Waals surface area contributed by atoms with E-state index in [1.54, 1.807) is 36.4 Å². The standard InChI is InChI=1S/C12H15F3O.C7H7NO.C7H14.C5H12.C2H6/c1-8(12(13,14)15)10-4-3-5-11(7-6-10)9(2)16;8-7(9)6-4-2-1-3-5-6;1-7-5-3-2-4-6-7;1-4-5(2)3;1-2/h4,6-8,11H,3,5H2,1-2H3;1-5H,(H2,8,9);7H,2-6H2,1H3;5H,4H2,1-3H3;1-2H3. The third-order valence-corrected chi connectivity index (χ3v) is 6.66. The highest BCUT2D eigenvalue weighted by molar-refractivity contribution is 5.92. The number of hydrogen-bond acceptors (Lipinski definition) is 2. The van der Waals surface area contributed by atoms with E-state index < -0.39 is 12.1 Å². The predicted octanol–water partition coefficient (Wildman–Crippen LogP) is 10.1. The number of nitrogens with two attached hydrogens (primary N) is 1. The molecule has 6 heteroatoms. The molecular weight excluding hydrogens is 499 g/mol. The lowest BCUT2D eigenvalue weighted by Crippen LogP contribution is -2.21. The van der Waals surface area contributed by atoms with Gasteiger partial charge < -0.3 is 5.73 Å². The van der Waals surface area contributed by atoms with E-state index in [2.05, 4.69) is 27.7 Å². The number of Topliss-reactive ketones (excluding diaryl/α,β-unsaturated/α-hetero) is 1. The van der Waals surface area contributed by atoms with Gasteiger partial charge in [0.1, 0.15) is 5.78 Å². The molecule has 2 atom stereocenters. The summed E-state index contributed by atoms with van der Waals surface area (Å²) in [5, 5.41) is 0. The summed E-state index contributed by atoms with van der Waals surface area (Å²) in [5.41, 5.74) is 5.79. The van der Waals surface area contributed by atoms with Gasteiger partial charge in [-0.05, 0) is 56.2 Å². The first-order valence-corrected chi connectivity index (χ1v) is 14.6.